The summed E-state index contributed by atoms with van der Waals surface area (Å²) in [6.45, 7) is 10.7. The van der Waals surface area contributed by atoms with E-state index in [1.54, 1.807) is 84.8 Å². The smallest absolute Gasteiger partial charge is 0.410 e. The number of anilines is 4. The highest BCUT2D eigenvalue weighted by atomic mass is 35.5. The summed E-state index contributed by atoms with van der Waals surface area (Å²) in [6, 6.07) is 25.6. The SMILES string of the molecule is CC(C)(C)OC(=O)N1CCC(Nc2ccccc2C(=O)Nc2cccc(Cl)c2)CC1.CCO.O=C(Nc1cccc(Cl)c1)c1cccnc1NC1CCNCC1. The first kappa shape index (κ1) is 43.8. The van der Waals surface area contributed by atoms with Crippen LogP contribution in [0.15, 0.2) is 91.1 Å². The number of ether oxygens (including phenoxy) is 1. The van der Waals surface area contributed by atoms with Crippen molar-refractivity contribution in [1.29, 1.82) is 0 Å². The van der Waals surface area contributed by atoms with E-state index in [0.717, 1.165) is 44.5 Å². The number of aliphatic hydroxyl groups is 1. The van der Waals surface area contributed by atoms with Gasteiger partial charge in [-0.15, -0.1) is 0 Å². The molecule has 6 rings (SSSR count). The lowest BCUT2D eigenvalue weighted by Gasteiger charge is -2.34. The Morgan fingerprint density at radius 1 is 0.786 bits per heavy atom. The summed E-state index contributed by atoms with van der Waals surface area (Å²) in [5.41, 5.74) is 2.68. The van der Waals surface area contributed by atoms with Gasteiger partial charge in [-0.25, -0.2) is 9.78 Å². The quantitative estimate of drug-likeness (QED) is 0.103. The molecule has 3 amide bonds. The standard InChI is InChI=1S/C23H28ClN3O3.C17H19ClN4O.C2H6O/c1-23(2,3)30-22(29)27-13-11-17(12-14-27)25-20-10-5-4-9-19(20)21(28)26-18-8-6-7-16(24)15-18;18-12-3-1-4-14(11-12)22-17(23)15-5-2-8-20-16(15)21-13-6-9-19-10-7-13;1-2-3/h4-10,15,17,25H,11-14H2,1-3H3,(H,26,28);1-5,8,11,13,19H,6-7,9-10H2,(H,20,21)(H,22,23);3H,2H2,1H3. The summed E-state index contributed by atoms with van der Waals surface area (Å²) in [5, 5.41) is 24.7. The summed E-state index contributed by atoms with van der Waals surface area (Å²) in [7, 11) is 0. The van der Waals surface area contributed by atoms with Gasteiger partial charge in [-0.2, -0.15) is 0 Å². The molecule has 0 bridgehead atoms. The van der Waals surface area contributed by atoms with Crippen molar-refractivity contribution in [2.24, 2.45) is 0 Å². The number of nitrogens with one attached hydrogen (secondary N) is 5. The molecular formula is C42H53Cl2N7O5. The highest BCUT2D eigenvalue weighted by molar-refractivity contribution is 6.31. The number of hydrogen-bond acceptors (Lipinski definition) is 9. The summed E-state index contributed by atoms with van der Waals surface area (Å²) in [5.74, 6) is 0.224. The van der Waals surface area contributed by atoms with E-state index in [9.17, 15) is 14.4 Å². The maximum Gasteiger partial charge on any atom is 0.410 e. The minimum Gasteiger partial charge on any atom is -0.444 e. The number of pyridine rings is 1. The van der Waals surface area contributed by atoms with Crippen molar-refractivity contribution >= 4 is 64.0 Å². The van der Waals surface area contributed by atoms with Crippen molar-refractivity contribution in [3.8, 4) is 0 Å². The van der Waals surface area contributed by atoms with Crippen molar-refractivity contribution in [3.05, 3.63) is 112 Å². The number of nitrogens with zero attached hydrogens (tertiary/aromatic N) is 2. The first-order chi connectivity index (χ1) is 26.8. The van der Waals surface area contributed by atoms with E-state index in [-0.39, 0.29) is 30.6 Å². The van der Waals surface area contributed by atoms with Crippen molar-refractivity contribution in [3.63, 3.8) is 0 Å². The predicted molar refractivity (Wildman–Crippen MR) is 226 cm³/mol. The molecule has 3 aromatic carbocycles. The third kappa shape index (κ3) is 14.6. The van der Waals surface area contributed by atoms with E-state index < -0.39 is 5.60 Å². The van der Waals surface area contributed by atoms with Gasteiger partial charge in [0.25, 0.3) is 11.8 Å². The lowest BCUT2D eigenvalue weighted by atomic mass is 10.0. The molecule has 0 saturated carbocycles. The maximum absolute atomic E-state index is 12.8. The molecule has 0 atom stereocenters. The number of carbonyl (C=O) groups excluding carboxylic acids is 3. The van der Waals surface area contributed by atoms with Crippen LogP contribution in [0.25, 0.3) is 0 Å². The average Bonchev–Trinajstić information content (AvgIpc) is 3.16. The van der Waals surface area contributed by atoms with Gasteiger partial charge < -0.3 is 41.3 Å². The summed E-state index contributed by atoms with van der Waals surface area (Å²) < 4.78 is 5.45. The molecule has 2 aliphatic rings. The minimum absolute atomic E-state index is 0.170. The fraction of sp³-hybridized carbons (Fsp3) is 0.381. The molecular weight excluding hydrogens is 753 g/mol. The van der Waals surface area contributed by atoms with Crippen LogP contribution in [0.4, 0.5) is 27.7 Å². The van der Waals surface area contributed by atoms with Gasteiger partial charge in [0.2, 0.25) is 0 Å². The number of aromatic nitrogens is 1. The van der Waals surface area contributed by atoms with Crippen molar-refractivity contribution in [2.75, 3.05) is 54.1 Å². The minimum atomic E-state index is -0.499. The highest BCUT2D eigenvalue weighted by Crippen LogP contribution is 2.24. The fourth-order valence-corrected chi connectivity index (χ4v) is 6.33. The third-order valence-electron chi connectivity index (χ3n) is 8.58. The van der Waals surface area contributed by atoms with Crippen LogP contribution in [0.5, 0.6) is 0 Å². The molecule has 1 aromatic heterocycles. The van der Waals surface area contributed by atoms with E-state index in [0.29, 0.717) is 57.5 Å². The second kappa shape index (κ2) is 22.0. The van der Waals surface area contributed by atoms with Gasteiger partial charge in [-0.3, -0.25) is 9.59 Å². The molecule has 0 radical (unpaired) electrons. The second-order valence-electron chi connectivity index (χ2n) is 14.2. The Labute approximate surface area is 339 Å². The molecule has 2 fully saturated rings. The van der Waals surface area contributed by atoms with Crippen LogP contribution in [0.3, 0.4) is 0 Å². The van der Waals surface area contributed by atoms with Crippen LogP contribution in [0.2, 0.25) is 10.0 Å². The van der Waals surface area contributed by atoms with E-state index in [2.05, 4.69) is 31.6 Å². The topological polar surface area (TPSA) is 157 Å². The molecule has 56 heavy (non-hydrogen) atoms. The highest BCUT2D eigenvalue weighted by Gasteiger charge is 2.27. The normalized spacial score (nSPS) is 14.5. The molecule has 0 aliphatic carbocycles. The predicted octanol–water partition coefficient (Wildman–Crippen LogP) is 8.55. The zero-order valence-corrected chi connectivity index (χ0v) is 33.9. The number of aliphatic hydroxyl groups excluding tert-OH is 1. The van der Waals surface area contributed by atoms with Crippen molar-refractivity contribution in [1.82, 2.24) is 15.2 Å². The van der Waals surface area contributed by atoms with E-state index >= 15 is 0 Å². The number of hydrogen-bond donors (Lipinski definition) is 6. The molecule has 2 saturated heterocycles. The Bertz CT molecular complexity index is 1880. The molecule has 4 aromatic rings. The maximum atomic E-state index is 12.8. The van der Waals surface area contributed by atoms with Gasteiger partial charge in [0.15, 0.2) is 0 Å². The number of para-hydroxylation sites is 1. The number of halogens is 2. The molecule has 0 spiro atoms. The average molecular weight is 807 g/mol. The van der Waals surface area contributed by atoms with E-state index in [1.165, 1.54) is 0 Å². The van der Waals surface area contributed by atoms with Crippen LogP contribution < -0.4 is 26.6 Å². The van der Waals surface area contributed by atoms with Crippen LogP contribution >= 0.6 is 23.2 Å². The first-order valence-corrected chi connectivity index (χ1v) is 19.6. The largest absolute Gasteiger partial charge is 0.444 e. The fourth-order valence-electron chi connectivity index (χ4n) is 5.95. The zero-order valence-electron chi connectivity index (χ0n) is 32.4. The van der Waals surface area contributed by atoms with Crippen molar-refractivity contribution < 1.29 is 24.2 Å². The third-order valence-corrected chi connectivity index (χ3v) is 9.05. The van der Waals surface area contributed by atoms with Crippen LogP contribution in [-0.4, -0.2) is 83.4 Å². The van der Waals surface area contributed by atoms with Crippen LogP contribution in [0.1, 0.15) is 74.1 Å². The number of piperidine rings is 2. The Kier molecular flexibility index (Phi) is 17.2. The number of likely N-dealkylation sites (tertiary alicyclic amines) is 1. The van der Waals surface area contributed by atoms with Gasteiger partial charge >= 0.3 is 6.09 Å². The molecule has 6 N–H and O–H groups in total. The Morgan fingerprint density at radius 2 is 1.32 bits per heavy atom. The van der Waals surface area contributed by atoms with Gasteiger partial charge in [0.05, 0.1) is 11.1 Å². The Balaban J connectivity index is 0.000000239. The Hall–Kier alpha value is -4.88. The van der Waals surface area contributed by atoms with Gasteiger partial charge in [-0.05, 0) is 127 Å². The van der Waals surface area contributed by atoms with Crippen molar-refractivity contribution in [2.45, 2.75) is 71.1 Å². The molecule has 12 nitrogen and oxygen atoms in total. The number of carbonyl (C=O) groups is 3. The molecule has 14 heteroatoms. The monoisotopic (exact) mass is 805 g/mol. The van der Waals surface area contributed by atoms with E-state index in [1.807, 2.05) is 39.0 Å². The summed E-state index contributed by atoms with van der Waals surface area (Å²) in [4.78, 5) is 43.7. The van der Waals surface area contributed by atoms with Gasteiger partial charge in [0, 0.05) is 65.1 Å². The second-order valence-corrected chi connectivity index (χ2v) is 15.1. The molecule has 3 heterocycles. The first-order valence-electron chi connectivity index (χ1n) is 18.9. The molecule has 300 valence electrons. The van der Waals surface area contributed by atoms with Gasteiger partial charge in [-0.1, -0.05) is 47.5 Å². The summed E-state index contributed by atoms with van der Waals surface area (Å²) >= 11 is 12.0. The Morgan fingerprint density at radius 3 is 1.89 bits per heavy atom. The zero-order chi connectivity index (χ0) is 40.5. The molecule has 0 unspecified atom stereocenters. The lowest BCUT2D eigenvalue weighted by Crippen LogP contribution is -2.44. The number of benzene rings is 3. The number of amides is 3. The van der Waals surface area contributed by atoms with Crippen LogP contribution in [-0.2, 0) is 4.74 Å². The van der Waals surface area contributed by atoms with E-state index in [4.69, 9.17) is 33.0 Å². The summed E-state index contributed by atoms with van der Waals surface area (Å²) in [6.07, 6.45) is 5.02. The van der Waals surface area contributed by atoms with Crippen LogP contribution in [0, 0.1) is 0 Å². The van der Waals surface area contributed by atoms with Gasteiger partial charge in [0.1, 0.15) is 11.4 Å². The number of rotatable bonds is 8. The lowest BCUT2D eigenvalue weighted by molar-refractivity contribution is 0.0210. The molecule has 2 aliphatic heterocycles.